The Balaban J connectivity index is 2.03. The molecule has 1 heterocycles. The van der Waals surface area contributed by atoms with Crippen molar-refractivity contribution < 1.29 is 8.42 Å². The van der Waals surface area contributed by atoms with Crippen molar-refractivity contribution in [1.29, 1.82) is 0 Å². The molecule has 19 heavy (non-hydrogen) atoms. The molecule has 4 nitrogen and oxygen atoms in total. The maximum Gasteiger partial charge on any atom is 0.212 e. The molecule has 0 aliphatic carbocycles. The molecule has 1 aromatic rings. The van der Waals surface area contributed by atoms with E-state index in [9.17, 15) is 8.42 Å². The van der Waals surface area contributed by atoms with Crippen LogP contribution in [0.3, 0.4) is 0 Å². The molecule has 1 atom stereocenters. The molecule has 0 saturated heterocycles. The summed E-state index contributed by atoms with van der Waals surface area (Å²) < 4.78 is 27.0. The lowest BCUT2D eigenvalue weighted by Gasteiger charge is -2.28. The molecule has 0 bridgehead atoms. The van der Waals surface area contributed by atoms with Crippen LogP contribution in [0, 0.1) is 5.41 Å². The van der Waals surface area contributed by atoms with Gasteiger partial charge in [-0.3, -0.25) is 0 Å². The van der Waals surface area contributed by atoms with Crippen molar-refractivity contribution in [1.82, 2.24) is 4.72 Å². The van der Waals surface area contributed by atoms with E-state index in [-0.39, 0.29) is 17.2 Å². The zero-order valence-electron chi connectivity index (χ0n) is 11.7. The van der Waals surface area contributed by atoms with Crippen LogP contribution in [0.1, 0.15) is 26.3 Å². The van der Waals surface area contributed by atoms with Gasteiger partial charge in [-0.2, -0.15) is 0 Å². The highest BCUT2D eigenvalue weighted by molar-refractivity contribution is 7.89. The van der Waals surface area contributed by atoms with Gasteiger partial charge >= 0.3 is 0 Å². The summed E-state index contributed by atoms with van der Waals surface area (Å²) in [6, 6.07) is 7.95. The number of sulfonamides is 1. The molecule has 106 valence electrons. The summed E-state index contributed by atoms with van der Waals surface area (Å²) in [6.45, 7) is 6.43. The third-order valence-electron chi connectivity index (χ3n) is 2.99. The quantitative estimate of drug-likeness (QED) is 0.891. The molecule has 0 spiro atoms. The van der Waals surface area contributed by atoms with Crippen molar-refractivity contribution in [2.45, 2.75) is 33.2 Å². The highest BCUT2D eigenvalue weighted by atomic mass is 32.2. The summed E-state index contributed by atoms with van der Waals surface area (Å²) in [4.78, 5) is 0. The minimum Gasteiger partial charge on any atom is -0.383 e. The van der Waals surface area contributed by atoms with Gasteiger partial charge in [0.15, 0.2) is 0 Å². The molecule has 1 aliphatic rings. The number of hydrogen-bond donors (Lipinski definition) is 2. The van der Waals surface area contributed by atoms with Gasteiger partial charge in [-0.05, 0) is 23.5 Å². The van der Waals surface area contributed by atoms with E-state index in [1.807, 2.05) is 45.0 Å². The normalized spacial score (nSPS) is 19.6. The monoisotopic (exact) mass is 282 g/mol. The summed E-state index contributed by atoms with van der Waals surface area (Å²) in [7, 11) is -3.23. The number of nitrogens with one attached hydrogen (secondary N) is 2. The molecule has 0 amide bonds. The van der Waals surface area contributed by atoms with E-state index in [0.717, 1.165) is 17.7 Å². The van der Waals surface area contributed by atoms with Gasteiger partial charge < -0.3 is 5.32 Å². The molecular weight excluding hydrogens is 260 g/mol. The van der Waals surface area contributed by atoms with E-state index in [2.05, 4.69) is 10.0 Å². The zero-order valence-corrected chi connectivity index (χ0v) is 12.5. The number of fused-ring (bicyclic) bond motifs is 1. The van der Waals surface area contributed by atoms with E-state index >= 15 is 0 Å². The number of para-hydroxylation sites is 1. The van der Waals surface area contributed by atoms with Crippen LogP contribution in [0.5, 0.6) is 0 Å². The fraction of sp³-hybridized carbons (Fsp3) is 0.571. The van der Waals surface area contributed by atoms with Crippen molar-refractivity contribution in [2.24, 2.45) is 5.41 Å². The van der Waals surface area contributed by atoms with Crippen LogP contribution in [0.25, 0.3) is 0 Å². The van der Waals surface area contributed by atoms with Gasteiger partial charge in [0.1, 0.15) is 0 Å². The first-order valence-electron chi connectivity index (χ1n) is 6.57. The fourth-order valence-electron chi connectivity index (χ4n) is 2.39. The standard InChI is InChI=1S/C14H22N2O2S/c1-14(2,3)10-19(17,18)16-12-8-11-6-4-5-7-13(11)15-9-12/h4-7,12,15-16H,8-10H2,1-3H3. The highest BCUT2D eigenvalue weighted by Crippen LogP contribution is 2.22. The minimum atomic E-state index is -3.23. The van der Waals surface area contributed by atoms with Crippen LogP contribution >= 0.6 is 0 Å². The second-order valence-electron chi connectivity index (χ2n) is 6.38. The number of hydrogen-bond acceptors (Lipinski definition) is 3. The van der Waals surface area contributed by atoms with Crippen LogP contribution in [-0.4, -0.2) is 26.8 Å². The third-order valence-corrected chi connectivity index (χ3v) is 4.93. The van der Waals surface area contributed by atoms with Crippen LogP contribution in [0.15, 0.2) is 24.3 Å². The van der Waals surface area contributed by atoms with Gasteiger partial charge in [0.05, 0.1) is 5.75 Å². The van der Waals surface area contributed by atoms with Gasteiger partial charge in [-0.15, -0.1) is 0 Å². The van der Waals surface area contributed by atoms with Crippen molar-refractivity contribution in [3.05, 3.63) is 29.8 Å². The van der Waals surface area contributed by atoms with E-state index in [4.69, 9.17) is 0 Å². The first-order valence-corrected chi connectivity index (χ1v) is 8.22. The van der Waals surface area contributed by atoms with Gasteiger partial charge in [0.2, 0.25) is 10.0 Å². The lowest BCUT2D eigenvalue weighted by molar-refractivity contribution is 0.453. The maximum absolute atomic E-state index is 12.1. The Labute approximate surface area is 115 Å². The van der Waals surface area contributed by atoms with E-state index < -0.39 is 10.0 Å². The molecule has 1 unspecified atom stereocenters. The van der Waals surface area contributed by atoms with Gasteiger partial charge in [-0.1, -0.05) is 39.0 Å². The van der Waals surface area contributed by atoms with Crippen molar-refractivity contribution in [2.75, 3.05) is 17.6 Å². The topological polar surface area (TPSA) is 58.2 Å². The third kappa shape index (κ3) is 4.21. The molecule has 0 fully saturated rings. The van der Waals surface area contributed by atoms with Crippen LogP contribution in [-0.2, 0) is 16.4 Å². The lowest BCUT2D eigenvalue weighted by Crippen LogP contribution is -2.45. The van der Waals surface area contributed by atoms with Gasteiger partial charge in [0.25, 0.3) is 0 Å². The molecule has 0 saturated carbocycles. The Morgan fingerprint density at radius 1 is 1.32 bits per heavy atom. The maximum atomic E-state index is 12.1. The van der Waals surface area contributed by atoms with E-state index in [1.54, 1.807) is 0 Å². The average molecular weight is 282 g/mol. The summed E-state index contributed by atoms with van der Waals surface area (Å²) in [5.74, 6) is 0.151. The number of anilines is 1. The van der Waals surface area contributed by atoms with Crippen LogP contribution < -0.4 is 10.0 Å². The predicted molar refractivity (Wildman–Crippen MR) is 78.8 cm³/mol. The molecule has 0 radical (unpaired) electrons. The lowest BCUT2D eigenvalue weighted by atomic mass is 10.0. The Bertz CT molecular complexity index is 547. The zero-order chi connectivity index (χ0) is 14.1. The van der Waals surface area contributed by atoms with Gasteiger partial charge in [-0.25, -0.2) is 13.1 Å². The van der Waals surface area contributed by atoms with Crippen molar-refractivity contribution in [3.63, 3.8) is 0 Å². The number of rotatable bonds is 3. The molecular formula is C14H22N2O2S. The molecule has 1 aromatic carbocycles. The minimum absolute atomic E-state index is 0.0674. The first kappa shape index (κ1) is 14.3. The van der Waals surface area contributed by atoms with Crippen LogP contribution in [0.2, 0.25) is 0 Å². The molecule has 1 aliphatic heterocycles. The molecule has 2 N–H and O–H groups in total. The number of benzene rings is 1. The Morgan fingerprint density at radius 2 is 2.00 bits per heavy atom. The summed E-state index contributed by atoms with van der Waals surface area (Å²) in [5, 5.41) is 3.27. The highest BCUT2D eigenvalue weighted by Gasteiger charge is 2.26. The van der Waals surface area contributed by atoms with E-state index in [1.165, 1.54) is 0 Å². The Morgan fingerprint density at radius 3 is 2.68 bits per heavy atom. The molecule has 2 rings (SSSR count). The summed E-state index contributed by atoms with van der Waals surface area (Å²) in [6.07, 6.45) is 0.743. The average Bonchev–Trinajstić information content (AvgIpc) is 2.24. The molecule has 5 heteroatoms. The van der Waals surface area contributed by atoms with Crippen LogP contribution in [0.4, 0.5) is 5.69 Å². The second kappa shape index (κ2) is 5.13. The fourth-order valence-corrected chi connectivity index (χ4v) is 4.29. The smallest absolute Gasteiger partial charge is 0.212 e. The largest absolute Gasteiger partial charge is 0.383 e. The first-order chi connectivity index (χ1) is 8.75. The SMILES string of the molecule is CC(C)(C)CS(=O)(=O)NC1CNc2ccccc2C1. The van der Waals surface area contributed by atoms with Gasteiger partial charge in [0, 0.05) is 18.3 Å². The van der Waals surface area contributed by atoms with Crippen molar-refractivity contribution >= 4 is 15.7 Å². The Hall–Kier alpha value is -1.07. The molecule has 0 aromatic heterocycles. The summed E-state index contributed by atoms with van der Waals surface area (Å²) >= 11 is 0. The van der Waals surface area contributed by atoms with Crippen molar-refractivity contribution in [3.8, 4) is 0 Å². The predicted octanol–water partition coefficient (Wildman–Crippen LogP) is 1.99. The summed E-state index contributed by atoms with van der Waals surface area (Å²) in [5.41, 5.74) is 2.04. The van der Waals surface area contributed by atoms with E-state index in [0.29, 0.717) is 6.54 Å². The second-order valence-corrected chi connectivity index (χ2v) is 8.13. The Kier molecular flexibility index (Phi) is 3.87.